The van der Waals surface area contributed by atoms with Crippen LogP contribution in [0.3, 0.4) is 0 Å². The summed E-state index contributed by atoms with van der Waals surface area (Å²) >= 11 is 0. The Morgan fingerprint density at radius 3 is 1.20 bits per heavy atom. The molecule has 0 unspecified atom stereocenters. The molecule has 0 nitrogen and oxygen atoms in total. The third-order valence-electron chi connectivity index (χ3n) is 1.17. The molecule has 5 heteroatoms. The van der Waals surface area contributed by atoms with Gasteiger partial charge in [0.2, 0.25) is 0 Å². The van der Waals surface area contributed by atoms with Crippen molar-refractivity contribution in [2.24, 2.45) is 0 Å². The fraction of sp³-hybridized carbons (Fsp3) is 0.200. The molecule has 0 atom stereocenters. The Kier molecular flexibility index (Phi) is 41.0. The first-order valence-corrected chi connectivity index (χ1v) is 7.93. The maximum absolute atomic E-state index is 2.99. The molecule has 0 fully saturated rings. The molecular formula is C10H16Br2HfSi2-2. The van der Waals surface area contributed by atoms with Crippen LogP contribution < -0.4 is 0 Å². The topological polar surface area (TPSA) is 0 Å². The smallest absolute Gasteiger partial charge is 0 e. The summed E-state index contributed by atoms with van der Waals surface area (Å²) in [5, 5.41) is 0. The van der Waals surface area contributed by atoms with E-state index in [2.05, 4.69) is 24.3 Å². The zero-order valence-corrected chi connectivity index (χ0v) is 18.5. The SMILES string of the molecule is Br.Br.[C-]1=CC=CC1.[C-]1=CC=CC1.[Hf].[SiH2][SiH2]. The molecule has 0 heterocycles. The van der Waals surface area contributed by atoms with Crippen LogP contribution in [0.4, 0.5) is 0 Å². The van der Waals surface area contributed by atoms with Gasteiger partial charge in [0.15, 0.2) is 0 Å². The van der Waals surface area contributed by atoms with Crippen LogP contribution in [0.2, 0.25) is 0 Å². The number of halogens is 2. The zero-order valence-electron chi connectivity index (χ0n) is 8.61. The molecule has 0 spiro atoms. The molecule has 84 valence electrons. The van der Waals surface area contributed by atoms with Crippen molar-refractivity contribution in [3.63, 3.8) is 0 Å². The third kappa shape index (κ3) is 21.1. The predicted molar refractivity (Wildman–Crippen MR) is 80.9 cm³/mol. The summed E-state index contributed by atoms with van der Waals surface area (Å²) in [6.07, 6.45) is 20.0. The largest absolute Gasteiger partial charge is 0.273 e. The second-order valence-electron chi connectivity index (χ2n) is 2.01. The third-order valence-corrected chi connectivity index (χ3v) is 1.17. The molecule has 0 aliphatic heterocycles. The summed E-state index contributed by atoms with van der Waals surface area (Å²) in [6.45, 7) is 0. The van der Waals surface area contributed by atoms with Gasteiger partial charge in [-0.1, -0.05) is 0 Å². The van der Waals surface area contributed by atoms with Gasteiger partial charge < -0.3 is 0 Å². The number of rotatable bonds is 0. The molecule has 0 N–H and O–H groups in total. The molecule has 15 heavy (non-hydrogen) atoms. The van der Waals surface area contributed by atoms with Gasteiger partial charge in [0.05, 0.1) is 0 Å². The van der Waals surface area contributed by atoms with Gasteiger partial charge in [0.1, 0.15) is 0 Å². The Bertz CT molecular complexity index is 160. The second kappa shape index (κ2) is 24.4. The minimum atomic E-state index is 0. The maximum atomic E-state index is 2.99. The van der Waals surface area contributed by atoms with Crippen LogP contribution in [-0.2, 0) is 25.8 Å². The molecule has 0 amide bonds. The van der Waals surface area contributed by atoms with Gasteiger partial charge in [-0.15, -0.1) is 46.8 Å². The van der Waals surface area contributed by atoms with Crippen LogP contribution in [0, 0.1) is 12.2 Å². The number of hydrogen-bond donors (Lipinski definition) is 0. The number of allylic oxidation sites excluding steroid dienone is 8. The fourth-order valence-electron chi connectivity index (χ4n) is 0.680. The Labute approximate surface area is 139 Å². The Balaban J connectivity index is -0.0000000592. The molecule has 2 aliphatic carbocycles. The monoisotopic (exact) mass is 530 g/mol. The van der Waals surface area contributed by atoms with Crippen molar-refractivity contribution in [1.82, 2.24) is 0 Å². The average Bonchev–Trinajstić information content (AvgIpc) is 2.87. The van der Waals surface area contributed by atoms with Crippen LogP contribution in [-0.4, -0.2) is 19.5 Å². The van der Waals surface area contributed by atoms with E-state index in [1.807, 2.05) is 43.8 Å². The standard InChI is InChI=1S/2C5H5.2BrH.Hf.H4Si2/c2*1-2-4-5-3-1;;;;1-2/h2*1-3H,4H2;2*1H;;1-2H2/q2*-1;;;;. The molecule has 0 bridgehead atoms. The first-order chi connectivity index (χ1) is 6.00. The van der Waals surface area contributed by atoms with E-state index in [1.54, 1.807) is 0 Å². The van der Waals surface area contributed by atoms with Crippen molar-refractivity contribution in [3.8, 4) is 0 Å². The molecule has 0 aromatic carbocycles. The minimum absolute atomic E-state index is 0. The van der Waals surface area contributed by atoms with Crippen molar-refractivity contribution in [2.45, 2.75) is 12.8 Å². The van der Waals surface area contributed by atoms with Crippen LogP contribution in [0.25, 0.3) is 0 Å². The van der Waals surface area contributed by atoms with E-state index >= 15 is 0 Å². The quantitative estimate of drug-likeness (QED) is 0.332. The summed E-state index contributed by atoms with van der Waals surface area (Å²) in [5.74, 6) is 0. The Hall–Kier alpha value is 1.22. The molecule has 0 saturated heterocycles. The summed E-state index contributed by atoms with van der Waals surface area (Å²) in [5.41, 5.74) is 0. The van der Waals surface area contributed by atoms with Gasteiger partial charge >= 0.3 is 0 Å². The fourth-order valence-corrected chi connectivity index (χ4v) is 0.680. The first-order valence-electron chi connectivity index (χ1n) is 3.93. The second-order valence-corrected chi connectivity index (χ2v) is 2.01. The molecule has 0 aromatic heterocycles. The Morgan fingerprint density at radius 1 is 0.800 bits per heavy atom. The van der Waals surface area contributed by atoms with Crippen LogP contribution in [0.15, 0.2) is 36.5 Å². The van der Waals surface area contributed by atoms with E-state index in [1.165, 1.54) is 0 Å². The summed E-state index contributed by atoms with van der Waals surface area (Å²) in [7, 11) is 3.78. The van der Waals surface area contributed by atoms with Gasteiger partial charge in [-0.05, 0) is 19.5 Å². The summed E-state index contributed by atoms with van der Waals surface area (Å²) < 4.78 is 0. The first kappa shape index (κ1) is 25.2. The molecule has 0 saturated carbocycles. The predicted octanol–water partition coefficient (Wildman–Crippen LogP) is 1.93. The summed E-state index contributed by atoms with van der Waals surface area (Å²) in [4.78, 5) is 0. The zero-order chi connectivity index (χ0) is 9.07. The molecule has 2 aliphatic rings. The molecule has 2 radical (unpaired) electrons. The maximum Gasteiger partial charge on any atom is 0 e. The van der Waals surface area contributed by atoms with Gasteiger partial charge in [0, 0.05) is 25.8 Å². The van der Waals surface area contributed by atoms with Crippen molar-refractivity contribution >= 4 is 53.5 Å². The van der Waals surface area contributed by atoms with Gasteiger partial charge in [0.25, 0.3) is 0 Å². The average molecular weight is 531 g/mol. The normalized spacial score (nSPS) is 12.1. The van der Waals surface area contributed by atoms with E-state index < -0.39 is 0 Å². The van der Waals surface area contributed by atoms with E-state index in [4.69, 9.17) is 0 Å². The van der Waals surface area contributed by atoms with Gasteiger partial charge in [-0.25, -0.2) is 24.3 Å². The van der Waals surface area contributed by atoms with E-state index in [0.717, 1.165) is 12.8 Å². The van der Waals surface area contributed by atoms with Crippen molar-refractivity contribution in [2.75, 3.05) is 0 Å². The molecule has 2 rings (SSSR count). The molecule has 0 aromatic rings. The van der Waals surface area contributed by atoms with Crippen LogP contribution in [0.5, 0.6) is 0 Å². The van der Waals surface area contributed by atoms with Crippen LogP contribution >= 0.6 is 34.0 Å². The summed E-state index contributed by atoms with van der Waals surface area (Å²) in [6, 6.07) is 0. The van der Waals surface area contributed by atoms with Crippen molar-refractivity contribution in [3.05, 3.63) is 48.6 Å². The molecular weight excluding hydrogens is 515 g/mol. The van der Waals surface area contributed by atoms with Crippen molar-refractivity contribution in [1.29, 1.82) is 0 Å². The van der Waals surface area contributed by atoms with Gasteiger partial charge in [-0.2, -0.15) is 12.2 Å². The Morgan fingerprint density at radius 2 is 1.13 bits per heavy atom. The minimum Gasteiger partial charge on any atom is -0.273 e. The van der Waals surface area contributed by atoms with E-state index in [0.29, 0.717) is 0 Å². The van der Waals surface area contributed by atoms with E-state index in [9.17, 15) is 0 Å². The van der Waals surface area contributed by atoms with E-state index in [-0.39, 0.29) is 59.8 Å². The van der Waals surface area contributed by atoms with Crippen molar-refractivity contribution < 1.29 is 25.8 Å². The van der Waals surface area contributed by atoms with Gasteiger partial charge in [-0.3, -0.25) is 12.2 Å². The van der Waals surface area contributed by atoms with Crippen LogP contribution in [0.1, 0.15) is 12.8 Å². The number of hydrogen-bond acceptors (Lipinski definition) is 0.